The molecule has 2 aliphatic rings. The number of fused-ring (bicyclic) bond motifs is 1. The average molecular weight is 183 g/mol. The van der Waals surface area contributed by atoms with E-state index in [0.29, 0.717) is 18.6 Å². The van der Waals surface area contributed by atoms with Gasteiger partial charge in [0.25, 0.3) is 0 Å². The summed E-state index contributed by atoms with van der Waals surface area (Å²) in [6.07, 6.45) is 5.20. The van der Waals surface area contributed by atoms with Crippen molar-refractivity contribution in [3.63, 3.8) is 0 Å². The fourth-order valence-electron chi connectivity index (χ4n) is 3.02. The third-order valence-corrected chi connectivity index (χ3v) is 3.77. The number of aliphatic hydroxyl groups is 1. The van der Waals surface area contributed by atoms with Crippen molar-refractivity contribution in [2.75, 3.05) is 19.7 Å². The lowest BCUT2D eigenvalue weighted by Gasteiger charge is -2.45. The van der Waals surface area contributed by atoms with Gasteiger partial charge in [-0.1, -0.05) is 6.92 Å². The SMILES string of the molecule is C[C@@H]1CC[C@@H]2[C@H](CO)CCCN2C1. The third-order valence-electron chi connectivity index (χ3n) is 3.77. The minimum atomic E-state index is 0.398. The third kappa shape index (κ3) is 1.89. The fraction of sp³-hybridized carbons (Fsp3) is 1.00. The Kier molecular flexibility index (Phi) is 2.89. The van der Waals surface area contributed by atoms with Gasteiger partial charge in [-0.2, -0.15) is 0 Å². The summed E-state index contributed by atoms with van der Waals surface area (Å²) >= 11 is 0. The quantitative estimate of drug-likeness (QED) is 0.666. The number of hydrogen-bond acceptors (Lipinski definition) is 2. The van der Waals surface area contributed by atoms with Gasteiger partial charge >= 0.3 is 0 Å². The first-order valence-electron chi connectivity index (χ1n) is 5.66. The van der Waals surface area contributed by atoms with Gasteiger partial charge in [0.15, 0.2) is 0 Å². The lowest BCUT2D eigenvalue weighted by Crippen LogP contribution is -2.50. The molecule has 0 spiro atoms. The van der Waals surface area contributed by atoms with E-state index in [0.717, 1.165) is 5.92 Å². The monoisotopic (exact) mass is 183 g/mol. The Balaban J connectivity index is 1.99. The van der Waals surface area contributed by atoms with Gasteiger partial charge in [0, 0.05) is 19.2 Å². The Morgan fingerprint density at radius 2 is 2.15 bits per heavy atom. The standard InChI is InChI=1S/C11H21NO/c1-9-4-5-11-10(8-13)3-2-6-12(11)7-9/h9-11,13H,2-8H2,1H3/t9-,10+,11-/m1/s1. The number of nitrogens with zero attached hydrogens (tertiary/aromatic N) is 1. The van der Waals surface area contributed by atoms with Gasteiger partial charge in [0.1, 0.15) is 0 Å². The number of rotatable bonds is 1. The zero-order chi connectivity index (χ0) is 9.26. The Labute approximate surface area is 80.9 Å². The average Bonchev–Trinajstić information content (AvgIpc) is 2.16. The summed E-state index contributed by atoms with van der Waals surface area (Å²) in [5, 5.41) is 9.27. The molecular formula is C11H21NO. The van der Waals surface area contributed by atoms with Crippen molar-refractivity contribution in [1.29, 1.82) is 0 Å². The molecule has 2 saturated heterocycles. The van der Waals surface area contributed by atoms with Crippen LogP contribution in [0.5, 0.6) is 0 Å². The molecule has 0 radical (unpaired) electrons. The first-order valence-corrected chi connectivity index (χ1v) is 5.66. The summed E-state index contributed by atoms with van der Waals surface area (Å²) in [5.41, 5.74) is 0. The van der Waals surface area contributed by atoms with Crippen molar-refractivity contribution in [2.24, 2.45) is 11.8 Å². The number of piperidine rings is 2. The molecule has 2 nitrogen and oxygen atoms in total. The zero-order valence-corrected chi connectivity index (χ0v) is 8.58. The van der Waals surface area contributed by atoms with Crippen LogP contribution in [0, 0.1) is 11.8 Å². The second-order valence-corrected chi connectivity index (χ2v) is 4.83. The van der Waals surface area contributed by atoms with E-state index in [1.165, 1.54) is 38.8 Å². The van der Waals surface area contributed by atoms with E-state index in [1.54, 1.807) is 0 Å². The highest BCUT2D eigenvalue weighted by Gasteiger charge is 2.34. The summed E-state index contributed by atoms with van der Waals surface area (Å²) in [5.74, 6) is 1.44. The van der Waals surface area contributed by atoms with E-state index in [1.807, 2.05) is 0 Å². The normalized spacial score (nSPS) is 41.5. The molecule has 2 rings (SSSR count). The highest BCUT2D eigenvalue weighted by molar-refractivity contribution is 4.88. The molecule has 0 aliphatic carbocycles. The minimum Gasteiger partial charge on any atom is -0.396 e. The van der Waals surface area contributed by atoms with Crippen LogP contribution in [-0.2, 0) is 0 Å². The van der Waals surface area contributed by atoms with E-state index < -0.39 is 0 Å². The maximum absolute atomic E-state index is 9.27. The molecule has 0 aromatic heterocycles. The molecular weight excluding hydrogens is 162 g/mol. The molecule has 2 heteroatoms. The smallest absolute Gasteiger partial charge is 0.0474 e. The van der Waals surface area contributed by atoms with Gasteiger partial charge in [-0.15, -0.1) is 0 Å². The van der Waals surface area contributed by atoms with Gasteiger partial charge in [-0.05, 0) is 44.1 Å². The summed E-state index contributed by atoms with van der Waals surface area (Å²) in [6.45, 7) is 5.28. The molecule has 2 aliphatic heterocycles. The van der Waals surface area contributed by atoms with Crippen LogP contribution in [0.25, 0.3) is 0 Å². The molecule has 0 amide bonds. The van der Waals surface area contributed by atoms with E-state index >= 15 is 0 Å². The molecule has 0 unspecified atom stereocenters. The zero-order valence-electron chi connectivity index (χ0n) is 8.58. The predicted molar refractivity (Wildman–Crippen MR) is 53.6 cm³/mol. The van der Waals surface area contributed by atoms with Crippen molar-refractivity contribution in [3.8, 4) is 0 Å². The van der Waals surface area contributed by atoms with Gasteiger partial charge in [-0.25, -0.2) is 0 Å². The minimum absolute atomic E-state index is 0.398. The topological polar surface area (TPSA) is 23.5 Å². The van der Waals surface area contributed by atoms with Crippen LogP contribution < -0.4 is 0 Å². The second kappa shape index (κ2) is 3.97. The van der Waals surface area contributed by atoms with Crippen LogP contribution in [0.15, 0.2) is 0 Å². The summed E-state index contributed by atoms with van der Waals surface area (Å²) < 4.78 is 0. The van der Waals surface area contributed by atoms with E-state index in [-0.39, 0.29) is 0 Å². The summed E-state index contributed by atoms with van der Waals surface area (Å²) in [4.78, 5) is 2.61. The first kappa shape index (κ1) is 9.47. The van der Waals surface area contributed by atoms with Gasteiger partial charge in [-0.3, -0.25) is 4.90 Å². The van der Waals surface area contributed by atoms with Crippen LogP contribution in [-0.4, -0.2) is 35.7 Å². The molecule has 2 heterocycles. The van der Waals surface area contributed by atoms with Gasteiger partial charge < -0.3 is 5.11 Å². The molecule has 0 aromatic rings. The Morgan fingerprint density at radius 1 is 1.31 bits per heavy atom. The van der Waals surface area contributed by atoms with Crippen molar-refractivity contribution in [2.45, 2.75) is 38.6 Å². The molecule has 0 bridgehead atoms. The largest absolute Gasteiger partial charge is 0.396 e. The van der Waals surface area contributed by atoms with Crippen molar-refractivity contribution in [1.82, 2.24) is 4.90 Å². The van der Waals surface area contributed by atoms with Gasteiger partial charge in [0.05, 0.1) is 0 Å². The van der Waals surface area contributed by atoms with Gasteiger partial charge in [0.2, 0.25) is 0 Å². The van der Waals surface area contributed by atoms with E-state index in [9.17, 15) is 5.11 Å². The molecule has 13 heavy (non-hydrogen) atoms. The van der Waals surface area contributed by atoms with Crippen LogP contribution in [0.3, 0.4) is 0 Å². The molecule has 0 saturated carbocycles. The number of hydrogen-bond donors (Lipinski definition) is 1. The summed E-state index contributed by atoms with van der Waals surface area (Å²) in [6, 6.07) is 0.704. The fourth-order valence-corrected chi connectivity index (χ4v) is 3.02. The Morgan fingerprint density at radius 3 is 2.92 bits per heavy atom. The summed E-state index contributed by atoms with van der Waals surface area (Å²) in [7, 11) is 0. The maximum atomic E-state index is 9.27. The second-order valence-electron chi connectivity index (χ2n) is 4.83. The van der Waals surface area contributed by atoms with Crippen molar-refractivity contribution < 1.29 is 5.11 Å². The highest BCUT2D eigenvalue weighted by Crippen LogP contribution is 2.32. The molecule has 76 valence electrons. The van der Waals surface area contributed by atoms with Crippen LogP contribution in [0.2, 0.25) is 0 Å². The lowest BCUT2D eigenvalue weighted by molar-refractivity contribution is 0.0147. The lowest BCUT2D eigenvalue weighted by atomic mass is 9.81. The van der Waals surface area contributed by atoms with Crippen LogP contribution in [0.4, 0.5) is 0 Å². The molecule has 1 N–H and O–H groups in total. The Hall–Kier alpha value is -0.0800. The maximum Gasteiger partial charge on any atom is 0.0474 e. The van der Waals surface area contributed by atoms with Crippen molar-refractivity contribution >= 4 is 0 Å². The van der Waals surface area contributed by atoms with Crippen LogP contribution in [0.1, 0.15) is 32.6 Å². The molecule has 2 fully saturated rings. The van der Waals surface area contributed by atoms with Crippen LogP contribution >= 0.6 is 0 Å². The molecule has 0 aromatic carbocycles. The van der Waals surface area contributed by atoms with Crippen molar-refractivity contribution in [3.05, 3.63) is 0 Å². The molecule has 3 atom stereocenters. The van der Waals surface area contributed by atoms with E-state index in [2.05, 4.69) is 11.8 Å². The predicted octanol–water partition coefficient (Wildman–Crippen LogP) is 1.49. The number of aliphatic hydroxyl groups excluding tert-OH is 1. The highest BCUT2D eigenvalue weighted by atomic mass is 16.3. The Bertz CT molecular complexity index is 171. The first-order chi connectivity index (χ1) is 6.31. The van der Waals surface area contributed by atoms with E-state index in [4.69, 9.17) is 0 Å².